The second-order valence-corrected chi connectivity index (χ2v) is 7.26. The molecule has 2 heterocycles. The lowest BCUT2D eigenvalue weighted by Crippen LogP contribution is -2.40. The van der Waals surface area contributed by atoms with Gasteiger partial charge in [0.05, 0.1) is 0 Å². The zero-order valence-electron chi connectivity index (χ0n) is 13.1. The minimum Gasteiger partial charge on any atom is -0.346 e. The van der Waals surface area contributed by atoms with Crippen molar-refractivity contribution in [2.45, 2.75) is 39.2 Å². The minimum absolute atomic E-state index is 0.135. The molecule has 0 saturated carbocycles. The Morgan fingerprint density at radius 3 is 2.64 bits per heavy atom. The number of rotatable bonds is 5. The lowest BCUT2D eigenvalue weighted by molar-refractivity contribution is -0.117. The van der Waals surface area contributed by atoms with Crippen LogP contribution in [0.1, 0.15) is 41.7 Å². The van der Waals surface area contributed by atoms with E-state index in [4.69, 9.17) is 0 Å². The molecule has 0 aromatic carbocycles. The van der Waals surface area contributed by atoms with E-state index in [0.717, 1.165) is 10.4 Å². The minimum atomic E-state index is -0.316. The molecular formula is C17H20N2O2S. The molecule has 0 unspecified atom stereocenters. The van der Waals surface area contributed by atoms with Crippen LogP contribution < -0.4 is 5.32 Å². The Bertz CT molecular complexity index is 658. The van der Waals surface area contributed by atoms with Crippen molar-refractivity contribution < 1.29 is 9.59 Å². The van der Waals surface area contributed by atoms with Gasteiger partial charge >= 0.3 is 0 Å². The lowest BCUT2D eigenvalue weighted by Gasteiger charge is -2.20. The number of nitrogens with zero attached hydrogens (tertiary/aromatic N) is 1. The van der Waals surface area contributed by atoms with Crippen LogP contribution in [0.2, 0.25) is 0 Å². The summed E-state index contributed by atoms with van der Waals surface area (Å²) in [6.07, 6.45) is 2.32. The van der Waals surface area contributed by atoms with Gasteiger partial charge in [-0.05, 0) is 49.9 Å². The van der Waals surface area contributed by atoms with Gasteiger partial charge in [-0.15, -0.1) is 11.3 Å². The van der Waals surface area contributed by atoms with E-state index in [9.17, 15) is 9.59 Å². The number of pyridine rings is 1. The normalized spacial score (nSPS) is 11.2. The smallest absolute Gasteiger partial charge is 0.270 e. The average Bonchev–Trinajstić information content (AvgIpc) is 2.89. The molecule has 0 aliphatic carbocycles. The summed E-state index contributed by atoms with van der Waals surface area (Å²) < 4.78 is 0. The predicted molar refractivity (Wildman–Crippen MR) is 88.2 cm³/mol. The molecule has 0 fully saturated rings. The van der Waals surface area contributed by atoms with Crippen molar-refractivity contribution in [3.63, 3.8) is 0 Å². The van der Waals surface area contributed by atoms with E-state index < -0.39 is 0 Å². The third-order valence-electron chi connectivity index (χ3n) is 2.90. The van der Waals surface area contributed by atoms with Gasteiger partial charge in [-0.3, -0.25) is 14.6 Å². The highest BCUT2D eigenvalue weighted by atomic mass is 32.1. The molecule has 22 heavy (non-hydrogen) atoms. The largest absolute Gasteiger partial charge is 0.346 e. The molecule has 2 aromatic rings. The van der Waals surface area contributed by atoms with E-state index in [1.165, 1.54) is 0 Å². The van der Waals surface area contributed by atoms with Crippen molar-refractivity contribution in [1.82, 2.24) is 10.3 Å². The first-order chi connectivity index (χ1) is 10.3. The molecule has 116 valence electrons. The maximum atomic E-state index is 12.1. The van der Waals surface area contributed by atoms with E-state index in [-0.39, 0.29) is 17.2 Å². The number of carbonyl (C=O) groups is 2. The van der Waals surface area contributed by atoms with Gasteiger partial charge in [-0.1, -0.05) is 6.07 Å². The number of carbonyl (C=O) groups excluding carboxylic acids is 2. The van der Waals surface area contributed by atoms with Gasteiger partial charge in [-0.2, -0.15) is 0 Å². The predicted octanol–water partition coefficient (Wildman–Crippen LogP) is 3.03. The molecule has 0 bridgehead atoms. The Kier molecular flexibility index (Phi) is 5.08. The van der Waals surface area contributed by atoms with Crippen molar-refractivity contribution in [1.29, 1.82) is 0 Å². The third kappa shape index (κ3) is 5.07. The molecule has 1 N–H and O–H groups in total. The van der Waals surface area contributed by atoms with Crippen LogP contribution in [0.4, 0.5) is 0 Å². The number of Topliss-reactive ketones (excluding diaryl/α,β-unsaturated/α-hetero) is 1. The molecule has 0 atom stereocenters. The van der Waals surface area contributed by atoms with E-state index >= 15 is 0 Å². The fraction of sp³-hybridized carbons (Fsp3) is 0.353. The van der Waals surface area contributed by atoms with Gasteiger partial charge in [0.15, 0.2) is 0 Å². The molecule has 0 aliphatic rings. The van der Waals surface area contributed by atoms with Crippen LogP contribution in [0.15, 0.2) is 35.8 Å². The number of hydrogen-bond donors (Lipinski definition) is 1. The number of hydrogen-bond acceptors (Lipinski definition) is 4. The van der Waals surface area contributed by atoms with Crippen LogP contribution in [0.5, 0.6) is 0 Å². The van der Waals surface area contributed by atoms with Crippen LogP contribution in [-0.2, 0) is 17.6 Å². The highest BCUT2D eigenvalue weighted by Crippen LogP contribution is 2.12. The molecule has 0 saturated heterocycles. The molecule has 4 nitrogen and oxygen atoms in total. The number of nitrogens with one attached hydrogen (secondary N) is 1. The summed E-state index contributed by atoms with van der Waals surface area (Å²) in [6.45, 7) is 5.75. The van der Waals surface area contributed by atoms with E-state index in [1.807, 2.05) is 38.3 Å². The first-order valence-electron chi connectivity index (χ1n) is 7.15. The topological polar surface area (TPSA) is 59.1 Å². The zero-order valence-corrected chi connectivity index (χ0v) is 13.9. The summed E-state index contributed by atoms with van der Waals surface area (Å²) in [5, 5.41) is 4.83. The van der Waals surface area contributed by atoms with Gasteiger partial charge in [0.2, 0.25) is 0 Å². The van der Waals surface area contributed by atoms with Crippen molar-refractivity contribution in [3.8, 4) is 0 Å². The molecule has 1 amide bonds. The highest BCUT2D eigenvalue weighted by Gasteiger charge is 2.17. The molecule has 0 aliphatic heterocycles. The van der Waals surface area contributed by atoms with Crippen molar-refractivity contribution in [2.75, 3.05) is 0 Å². The number of aromatic nitrogens is 1. The van der Waals surface area contributed by atoms with Crippen molar-refractivity contribution >= 4 is 23.0 Å². The summed E-state index contributed by atoms with van der Waals surface area (Å²) in [7, 11) is 0. The van der Waals surface area contributed by atoms with Gasteiger partial charge in [0.25, 0.3) is 5.91 Å². The summed E-state index contributed by atoms with van der Waals surface area (Å²) in [5.74, 6) is -0.0871. The fourth-order valence-corrected chi connectivity index (χ4v) is 2.74. The SMILES string of the molecule is CC(C)(C)NC(=O)c1cc(CC(=O)Cc2cccs2)ccn1. The molecule has 2 aromatic heterocycles. The Balaban J connectivity index is 2.02. The molecule has 0 spiro atoms. The highest BCUT2D eigenvalue weighted by molar-refractivity contribution is 7.10. The van der Waals surface area contributed by atoms with Gasteiger partial charge in [-0.25, -0.2) is 0 Å². The van der Waals surface area contributed by atoms with Gasteiger partial charge in [0, 0.05) is 29.5 Å². The van der Waals surface area contributed by atoms with Crippen LogP contribution in [-0.4, -0.2) is 22.2 Å². The average molecular weight is 316 g/mol. The summed E-state index contributed by atoms with van der Waals surface area (Å²) >= 11 is 1.58. The molecule has 5 heteroatoms. The quantitative estimate of drug-likeness (QED) is 0.922. The molecule has 2 rings (SSSR count). The zero-order chi connectivity index (χ0) is 16.2. The first-order valence-corrected chi connectivity index (χ1v) is 8.03. The van der Waals surface area contributed by atoms with Gasteiger partial charge < -0.3 is 5.32 Å². The molecular weight excluding hydrogens is 296 g/mol. The van der Waals surface area contributed by atoms with E-state index in [2.05, 4.69) is 10.3 Å². The van der Waals surface area contributed by atoms with Crippen molar-refractivity contribution in [3.05, 3.63) is 52.0 Å². The monoisotopic (exact) mass is 316 g/mol. The summed E-state index contributed by atoms with van der Waals surface area (Å²) in [5.41, 5.74) is 0.844. The standard InChI is InChI=1S/C17H20N2O2S/c1-17(2,3)19-16(21)15-10-12(6-7-18-15)9-13(20)11-14-5-4-8-22-14/h4-8,10H,9,11H2,1-3H3,(H,19,21). The first kappa shape index (κ1) is 16.4. The Morgan fingerprint density at radius 1 is 1.23 bits per heavy atom. The second kappa shape index (κ2) is 6.83. The second-order valence-electron chi connectivity index (χ2n) is 6.23. The van der Waals surface area contributed by atoms with Crippen LogP contribution >= 0.6 is 11.3 Å². The Hall–Kier alpha value is -2.01. The maximum absolute atomic E-state index is 12.1. The summed E-state index contributed by atoms with van der Waals surface area (Å²) in [6, 6.07) is 7.36. The van der Waals surface area contributed by atoms with Crippen LogP contribution in [0.25, 0.3) is 0 Å². The van der Waals surface area contributed by atoms with Crippen molar-refractivity contribution in [2.24, 2.45) is 0 Å². The number of ketones is 1. The van der Waals surface area contributed by atoms with E-state index in [0.29, 0.717) is 18.5 Å². The maximum Gasteiger partial charge on any atom is 0.270 e. The number of thiophene rings is 1. The third-order valence-corrected chi connectivity index (χ3v) is 3.77. The fourth-order valence-electron chi connectivity index (χ4n) is 2.01. The van der Waals surface area contributed by atoms with E-state index in [1.54, 1.807) is 29.7 Å². The Labute approximate surface area is 134 Å². The van der Waals surface area contributed by atoms with Crippen LogP contribution in [0, 0.1) is 0 Å². The summed E-state index contributed by atoms with van der Waals surface area (Å²) in [4.78, 5) is 29.3. The number of amides is 1. The van der Waals surface area contributed by atoms with Gasteiger partial charge in [0.1, 0.15) is 11.5 Å². The molecule has 0 radical (unpaired) electrons. The lowest BCUT2D eigenvalue weighted by atomic mass is 10.1. The Morgan fingerprint density at radius 2 is 2.00 bits per heavy atom. The van der Waals surface area contributed by atoms with Crippen LogP contribution in [0.3, 0.4) is 0 Å².